The monoisotopic (exact) mass is 452 g/mol. The minimum Gasteiger partial charge on any atom is -0.340 e. The minimum atomic E-state index is -0.315. The van der Waals surface area contributed by atoms with Crippen LogP contribution in [0.1, 0.15) is 16.8 Å². The molecule has 34 heavy (non-hydrogen) atoms. The average Bonchev–Trinajstić information content (AvgIpc) is 2.87. The van der Waals surface area contributed by atoms with E-state index in [1.54, 1.807) is 18.2 Å². The Kier molecular flexibility index (Phi) is 5.21. The highest BCUT2D eigenvalue weighted by Gasteiger charge is 2.37. The van der Waals surface area contributed by atoms with Gasteiger partial charge in [-0.2, -0.15) is 0 Å². The predicted octanol–water partition coefficient (Wildman–Crippen LogP) is 5.03. The van der Waals surface area contributed by atoms with E-state index in [9.17, 15) is 9.18 Å². The first-order chi connectivity index (χ1) is 16.7. The Morgan fingerprint density at radius 3 is 2.29 bits per heavy atom. The second-order valence-corrected chi connectivity index (χ2v) is 9.34. The Bertz CT molecular complexity index is 1360. The molecule has 2 fully saturated rings. The number of anilines is 1. The molecule has 2 saturated heterocycles. The van der Waals surface area contributed by atoms with E-state index < -0.39 is 0 Å². The Morgan fingerprint density at radius 2 is 1.50 bits per heavy atom. The van der Waals surface area contributed by atoms with Gasteiger partial charge in [0, 0.05) is 48.9 Å². The SMILES string of the molecule is O=C(c1ccccc1-c1ccccc1F)N1CC2CC(C1)CN(c1ncc3ccccc3n1)C2. The van der Waals surface area contributed by atoms with Crippen LogP contribution in [0.15, 0.2) is 79.0 Å². The molecule has 170 valence electrons. The molecule has 0 saturated carbocycles. The maximum absolute atomic E-state index is 14.5. The summed E-state index contributed by atoms with van der Waals surface area (Å²) in [6, 6.07) is 22.0. The maximum Gasteiger partial charge on any atom is 0.254 e. The molecule has 6 rings (SSSR count). The van der Waals surface area contributed by atoms with E-state index in [0.29, 0.717) is 41.6 Å². The lowest BCUT2D eigenvalue weighted by Gasteiger charge is -2.46. The first-order valence-electron chi connectivity index (χ1n) is 11.8. The zero-order valence-electron chi connectivity index (χ0n) is 18.8. The molecule has 0 aliphatic carbocycles. The smallest absolute Gasteiger partial charge is 0.254 e. The third-order valence-corrected chi connectivity index (χ3v) is 6.95. The lowest BCUT2D eigenvalue weighted by Crippen LogP contribution is -2.54. The number of benzene rings is 3. The Balaban J connectivity index is 1.23. The number of hydrogen-bond donors (Lipinski definition) is 0. The van der Waals surface area contributed by atoms with E-state index in [1.807, 2.05) is 59.6 Å². The molecule has 3 heterocycles. The summed E-state index contributed by atoms with van der Waals surface area (Å²) in [6.45, 7) is 3.03. The molecule has 1 amide bonds. The summed E-state index contributed by atoms with van der Waals surface area (Å²) in [6.07, 6.45) is 2.99. The van der Waals surface area contributed by atoms with E-state index in [4.69, 9.17) is 4.98 Å². The lowest BCUT2D eigenvalue weighted by atomic mass is 9.84. The second kappa shape index (κ2) is 8.52. The highest BCUT2D eigenvalue weighted by Crippen LogP contribution is 2.33. The number of nitrogens with zero attached hydrogens (tertiary/aromatic N) is 4. The summed E-state index contributed by atoms with van der Waals surface area (Å²) in [5, 5.41) is 1.04. The number of likely N-dealkylation sites (tertiary alicyclic amines) is 1. The molecule has 2 bridgehead atoms. The second-order valence-electron chi connectivity index (χ2n) is 9.34. The molecular weight excluding hydrogens is 427 g/mol. The van der Waals surface area contributed by atoms with Crippen LogP contribution >= 0.6 is 0 Å². The maximum atomic E-state index is 14.5. The van der Waals surface area contributed by atoms with Crippen molar-refractivity contribution in [3.05, 3.63) is 90.4 Å². The molecule has 4 aromatic rings. The van der Waals surface area contributed by atoms with E-state index in [1.165, 1.54) is 6.07 Å². The van der Waals surface area contributed by atoms with Gasteiger partial charge in [-0.25, -0.2) is 14.4 Å². The van der Waals surface area contributed by atoms with Crippen LogP contribution in [0.25, 0.3) is 22.0 Å². The molecule has 1 aromatic heterocycles. The van der Waals surface area contributed by atoms with Gasteiger partial charge in [0.1, 0.15) is 5.82 Å². The zero-order valence-corrected chi connectivity index (χ0v) is 18.8. The number of halogens is 1. The van der Waals surface area contributed by atoms with E-state index in [0.717, 1.165) is 36.4 Å². The number of para-hydroxylation sites is 1. The van der Waals surface area contributed by atoms with Crippen LogP contribution < -0.4 is 4.90 Å². The zero-order chi connectivity index (χ0) is 23.1. The minimum absolute atomic E-state index is 0.0241. The predicted molar refractivity (Wildman–Crippen MR) is 131 cm³/mol. The highest BCUT2D eigenvalue weighted by molar-refractivity contribution is 6.01. The van der Waals surface area contributed by atoms with Crippen molar-refractivity contribution >= 4 is 22.8 Å². The van der Waals surface area contributed by atoms with Crippen molar-refractivity contribution in [1.29, 1.82) is 0 Å². The van der Waals surface area contributed by atoms with Gasteiger partial charge in [0.05, 0.1) is 5.52 Å². The third kappa shape index (κ3) is 3.79. The number of rotatable bonds is 3. The van der Waals surface area contributed by atoms with E-state index in [2.05, 4.69) is 9.88 Å². The topological polar surface area (TPSA) is 49.3 Å². The van der Waals surface area contributed by atoms with Crippen molar-refractivity contribution in [2.45, 2.75) is 6.42 Å². The Morgan fingerprint density at radius 1 is 0.824 bits per heavy atom. The summed E-state index contributed by atoms with van der Waals surface area (Å²) in [5.41, 5.74) is 2.61. The van der Waals surface area contributed by atoms with E-state index >= 15 is 0 Å². The Hall–Kier alpha value is -3.80. The number of piperidine rings is 2. The number of hydrogen-bond acceptors (Lipinski definition) is 4. The van der Waals surface area contributed by atoms with Gasteiger partial charge >= 0.3 is 0 Å². The molecule has 0 spiro atoms. The first kappa shape index (κ1) is 20.8. The van der Waals surface area contributed by atoms with Crippen LogP contribution in [0.4, 0.5) is 10.3 Å². The number of aromatic nitrogens is 2. The normalized spacial score (nSPS) is 19.9. The van der Waals surface area contributed by atoms with Gasteiger partial charge in [0.15, 0.2) is 0 Å². The van der Waals surface area contributed by atoms with Crippen LogP contribution in [0.5, 0.6) is 0 Å². The van der Waals surface area contributed by atoms with E-state index in [-0.39, 0.29) is 11.7 Å². The van der Waals surface area contributed by atoms with Crippen molar-refractivity contribution in [2.24, 2.45) is 11.8 Å². The summed E-state index contributed by atoms with van der Waals surface area (Å²) >= 11 is 0. The van der Waals surface area contributed by atoms with Crippen LogP contribution in [-0.2, 0) is 0 Å². The average molecular weight is 453 g/mol. The Labute approximate surface area is 197 Å². The highest BCUT2D eigenvalue weighted by atomic mass is 19.1. The quantitative estimate of drug-likeness (QED) is 0.437. The number of carbonyl (C=O) groups is 1. The summed E-state index contributed by atoms with van der Waals surface area (Å²) in [5.74, 6) is 1.13. The van der Waals surface area contributed by atoms with Gasteiger partial charge in [-0.1, -0.05) is 54.6 Å². The molecule has 2 atom stereocenters. The van der Waals surface area contributed by atoms with Crippen LogP contribution in [0.2, 0.25) is 0 Å². The summed E-state index contributed by atoms with van der Waals surface area (Å²) < 4.78 is 14.5. The standard InChI is InChI=1S/C28H25FN4O/c29-25-11-5-4-9-23(25)22-8-2-3-10-24(22)27(34)32-15-19-13-20(16-32)18-33(17-19)28-30-14-21-7-1-6-12-26(21)31-28/h1-12,14,19-20H,13,15-18H2. The van der Waals surface area contributed by atoms with Gasteiger partial charge in [-0.05, 0) is 42.0 Å². The molecule has 3 aromatic carbocycles. The van der Waals surface area contributed by atoms with Crippen molar-refractivity contribution < 1.29 is 9.18 Å². The fraction of sp³-hybridized carbons (Fsp3) is 0.250. The fourth-order valence-corrected chi connectivity index (χ4v) is 5.48. The molecule has 5 nitrogen and oxygen atoms in total. The van der Waals surface area contributed by atoms with Gasteiger partial charge in [-0.3, -0.25) is 4.79 Å². The molecule has 0 radical (unpaired) electrons. The van der Waals surface area contributed by atoms with Gasteiger partial charge in [-0.15, -0.1) is 0 Å². The number of carbonyl (C=O) groups excluding carboxylic acids is 1. The lowest BCUT2D eigenvalue weighted by molar-refractivity contribution is 0.0564. The summed E-state index contributed by atoms with van der Waals surface area (Å²) in [7, 11) is 0. The van der Waals surface area contributed by atoms with Crippen LogP contribution in [0, 0.1) is 17.7 Å². The van der Waals surface area contributed by atoms with Crippen molar-refractivity contribution in [1.82, 2.24) is 14.9 Å². The molecule has 6 heteroatoms. The summed E-state index contributed by atoms with van der Waals surface area (Å²) in [4.78, 5) is 27.2. The molecule has 2 unspecified atom stereocenters. The molecule has 2 aliphatic rings. The fourth-order valence-electron chi connectivity index (χ4n) is 5.48. The first-order valence-corrected chi connectivity index (χ1v) is 11.8. The largest absolute Gasteiger partial charge is 0.340 e. The van der Waals surface area contributed by atoms with Gasteiger partial charge < -0.3 is 9.80 Å². The molecular formula is C28H25FN4O. The van der Waals surface area contributed by atoms with Crippen molar-refractivity contribution in [2.75, 3.05) is 31.1 Å². The number of amides is 1. The molecule has 2 aliphatic heterocycles. The van der Waals surface area contributed by atoms with Crippen LogP contribution in [0.3, 0.4) is 0 Å². The third-order valence-electron chi connectivity index (χ3n) is 6.95. The molecule has 0 N–H and O–H groups in total. The van der Waals surface area contributed by atoms with Gasteiger partial charge in [0.2, 0.25) is 5.95 Å². The van der Waals surface area contributed by atoms with Gasteiger partial charge in [0.25, 0.3) is 5.91 Å². The van der Waals surface area contributed by atoms with Crippen molar-refractivity contribution in [3.8, 4) is 11.1 Å². The van der Waals surface area contributed by atoms with Crippen LogP contribution in [-0.4, -0.2) is 47.0 Å². The number of fused-ring (bicyclic) bond motifs is 3. The van der Waals surface area contributed by atoms with Crippen molar-refractivity contribution in [3.63, 3.8) is 0 Å².